The number of carbonyl (C=O) groups excluding carboxylic acids is 1. The van der Waals surface area contributed by atoms with Crippen LogP contribution in [0, 0.1) is 6.92 Å². The number of hydrogen-bond donors (Lipinski definition) is 1. The number of amides is 1. The Hall–Kier alpha value is -4.02. The van der Waals surface area contributed by atoms with Crippen molar-refractivity contribution in [2.75, 3.05) is 7.05 Å². The van der Waals surface area contributed by atoms with Crippen LogP contribution in [0.1, 0.15) is 27.4 Å². The van der Waals surface area contributed by atoms with Crippen molar-refractivity contribution in [3.05, 3.63) is 81.8 Å². The van der Waals surface area contributed by atoms with Gasteiger partial charge in [-0.05, 0) is 31.2 Å². The first-order chi connectivity index (χ1) is 15.1. The molecule has 0 unspecified atom stereocenters. The summed E-state index contributed by atoms with van der Waals surface area (Å²) in [5.41, 5.74) is -0.00122. The number of hydrogen-bond acceptors (Lipinski definition) is 5. The number of rotatable bonds is 4. The van der Waals surface area contributed by atoms with Gasteiger partial charge in [-0.15, -0.1) is 0 Å². The van der Waals surface area contributed by atoms with Gasteiger partial charge in [0.1, 0.15) is 5.82 Å². The lowest BCUT2D eigenvalue weighted by Gasteiger charge is -2.16. The SMILES string of the molecule is Cc1c(C(=O)N(C)Cc2nc3ccccc3c(=O)[nH]2)cnn1-c1ccc(C(F)(F)F)cn1. The van der Waals surface area contributed by atoms with E-state index in [1.807, 2.05) is 0 Å². The summed E-state index contributed by atoms with van der Waals surface area (Å²) in [6.07, 6.45) is -2.46. The zero-order valence-corrected chi connectivity index (χ0v) is 17.0. The maximum absolute atomic E-state index is 12.9. The van der Waals surface area contributed by atoms with Crippen LogP contribution in [0.25, 0.3) is 16.7 Å². The zero-order valence-electron chi connectivity index (χ0n) is 17.0. The highest BCUT2D eigenvalue weighted by Crippen LogP contribution is 2.29. The van der Waals surface area contributed by atoms with Crippen LogP contribution in [0.3, 0.4) is 0 Å². The summed E-state index contributed by atoms with van der Waals surface area (Å²) in [6, 6.07) is 8.96. The molecule has 164 valence electrons. The molecule has 4 rings (SSSR count). The van der Waals surface area contributed by atoms with Gasteiger partial charge in [0.2, 0.25) is 0 Å². The Bertz CT molecular complexity index is 1360. The van der Waals surface area contributed by atoms with E-state index < -0.39 is 17.6 Å². The number of H-pyrrole nitrogens is 1. The van der Waals surface area contributed by atoms with Crippen LogP contribution in [0.4, 0.5) is 13.2 Å². The van der Waals surface area contributed by atoms with Gasteiger partial charge >= 0.3 is 6.18 Å². The van der Waals surface area contributed by atoms with E-state index in [1.54, 1.807) is 38.2 Å². The van der Waals surface area contributed by atoms with E-state index in [1.165, 1.54) is 21.8 Å². The Morgan fingerprint density at radius 2 is 1.91 bits per heavy atom. The van der Waals surface area contributed by atoms with Crippen molar-refractivity contribution in [2.24, 2.45) is 0 Å². The van der Waals surface area contributed by atoms with Crippen LogP contribution in [-0.2, 0) is 12.7 Å². The van der Waals surface area contributed by atoms with Gasteiger partial charge in [0.15, 0.2) is 5.82 Å². The highest BCUT2D eigenvalue weighted by molar-refractivity contribution is 5.95. The number of nitrogens with zero attached hydrogens (tertiary/aromatic N) is 5. The van der Waals surface area contributed by atoms with Gasteiger partial charge in [0.25, 0.3) is 11.5 Å². The van der Waals surface area contributed by atoms with E-state index in [4.69, 9.17) is 0 Å². The van der Waals surface area contributed by atoms with E-state index in [0.29, 0.717) is 28.6 Å². The van der Waals surface area contributed by atoms with Crippen LogP contribution in [0.5, 0.6) is 0 Å². The predicted molar refractivity (Wildman–Crippen MR) is 109 cm³/mol. The summed E-state index contributed by atoms with van der Waals surface area (Å²) in [7, 11) is 1.55. The van der Waals surface area contributed by atoms with E-state index in [2.05, 4.69) is 20.1 Å². The first-order valence-corrected chi connectivity index (χ1v) is 9.47. The van der Waals surface area contributed by atoms with Gasteiger partial charge in [0.05, 0.1) is 40.5 Å². The molecule has 8 nitrogen and oxygen atoms in total. The maximum Gasteiger partial charge on any atom is 0.417 e. The first kappa shape index (κ1) is 21.2. The smallest absolute Gasteiger partial charge is 0.334 e. The van der Waals surface area contributed by atoms with Gasteiger partial charge < -0.3 is 9.88 Å². The molecule has 0 fully saturated rings. The second kappa shape index (κ2) is 7.91. The molecule has 3 heterocycles. The van der Waals surface area contributed by atoms with Crippen molar-refractivity contribution >= 4 is 16.8 Å². The molecule has 3 aromatic heterocycles. The van der Waals surface area contributed by atoms with Crippen LogP contribution in [0.15, 0.2) is 53.6 Å². The Morgan fingerprint density at radius 1 is 1.16 bits per heavy atom. The molecule has 0 atom stereocenters. The normalized spacial score (nSPS) is 11.7. The van der Waals surface area contributed by atoms with Crippen molar-refractivity contribution in [3.8, 4) is 5.82 Å². The summed E-state index contributed by atoms with van der Waals surface area (Å²) < 4.78 is 39.5. The van der Waals surface area contributed by atoms with E-state index in [-0.39, 0.29) is 23.5 Å². The molecule has 1 aromatic carbocycles. The number of carbonyl (C=O) groups is 1. The molecule has 1 N–H and O–H groups in total. The monoisotopic (exact) mass is 442 g/mol. The number of para-hydroxylation sites is 1. The minimum absolute atomic E-state index is 0.0437. The number of benzene rings is 1. The summed E-state index contributed by atoms with van der Waals surface area (Å²) in [5.74, 6) is 0.0770. The average molecular weight is 442 g/mol. The molecular formula is C21H17F3N6O2. The topological polar surface area (TPSA) is 96.8 Å². The van der Waals surface area contributed by atoms with Crippen LogP contribution in [-0.4, -0.2) is 42.6 Å². The van der Waals surface area contributed by atoms with Crippen LogP contribution < -0.4 is 5.56 Å². The number of alkyl halides is 3. The second-order valence-electron chi connectivity index (χ2n) is 7.15. The number of halogens is 3. The lowest BCUT2D eigenvalue weighted by Crippen LogP contribution is -2.28. The van der Waals surface area contributed by atoms with Crippen molar-refractivity contribution in [1.82, 2.24) is 29.6 Å². The molecule has 0 spiro atoms. The van der Waals surface area contributed by atoms with E-state index in [0.717, 1.165) is 6.07 Å². The standard InChI is InChI=1S/C21H17F3N6O2/c1-12-15(10-26-30(12)18-8-7-13(9-25-18)21(22,23)24)20(32)29(2)11-17-27-16-6-4-3-5-14(16)19(31)28-17/h3-10H,11H2,1-2H3,(H,27,28,31). The summed E-state index contributed by atoms with van der Waals surface area (Å²) in [5, 5.41) is 4.55. The third kappa shape index (κ3) is 3.96. The molecule has 0 aliphatic heterocycles. The Morgan fingerprint density at radius 3 is 2.59 bits per heavy atom. The molecule has 4 aromatic rings. The minimum atomic E-state index is -4.49. The van der Waals surface area contributed by atoms with Crippen molar-refractivity contribution in [3.63, 3.8) is 0 Å². The Balaban J connectivity index is 1.56. The summed E-state index contributed by atoms with van der Waals surface area (Å²) in [4.78, 5) is 37.4. The quantitative estimate of drug-likeness (QED) is 0.524. The van der Waals surface area contributed by atoms with Gasteiger partial charge in [0, 0.05) is 13.2 Å². The fourth-order valence-electron chi connectivity index (χ4n) is 3.24. The fourth-order valence-corrected chi connectivity index (χ4v) is 3.24. The number of aromatic amines is 1. The van der Waals surface area contributed by atoms with Crippen molar-refractivity contribution < 1.29 is 18.0 Å². The third-order valence-corrected chi connectivity index (χ3v) is 4.93. The van der Waals surface area contributed by atoms with Crippen LogP contribution >= 0.6 is 0 Å². The zero-order chi connectivity index (χ0) is 23.0. The highest BCUT2D eigenvalue weighted by atomic mass is 19.4. The van der Waals surface area contributed by atoms with Gasteiger partial charge in [-0.3, -0.25) is 9.59 Å². The lowest BCUT2D eigenvalue weighted by atomic mass is 10.2. The molecule has 0 bridgehead atoms. The first-order valence-electron chi connectivity index (χ1n) is 9.47. The van der Waals surface area contributed by atoms with Crippen LogP contribution in [0.2, 0.25) is 0 Å². The number of fused-ring (bicyclic) bond motifs is 1. The molecule has 32 heavy (non-hydrogen) atoms. The third-order valence-electron chi connectivity index (χ3n) is 4.93. The van der Waals surface area contributed by atoms with E-state index in [9.17, 15) is 22.8 Å². The molecule has 11 heteroatoms. The van der Waals surface area contributed by atoms with Gasteiger partial charge in [-0.1, -0.05) is 12.1 Å². The maximum atomic E-state index is 12.9. The molecule has 1 amide bonds. The molecule has 0 radical (unpaired) electrons. The van der Waals surface area contributed by atoms with Crippen molar-refractivity contribution in [1.29, 1.82) is 0 Å². The fraction of sp³-hybridized carbons (Fsp3) is 0.190. The second-order valence-corrected chi connectivity index (χ2v) is 7.15. The molecule has 0 aliphatic rings. The van der Waals surface area contributed by atoms with Gasteiger partial charge in [-0.2, -0.15) is 18.3 Å². The number of aromatic nitrogens is 5. The Labute approximate surface area is 179 Å². The molecular weight excluding hydrogens is 425 g/mol. The number of nitrogens with one attached hydrogen (secondary N) is 1. The summed E-state index contributed by atoms with van der Waals surface area (Å²) >= 11 is 0. The molecule has 0 saturated carbocycles. The number of pyridine rings is 1. The average Bonchev–Trinajstić information content (AvgIpc) is 3.14. The predicted octanol–water partition coefficient (Wildman–Crippen LogP) is 3.10. The Kier molecular flexibility index (Phi) is 5.25. The molecule has 0 aliphatic carbocycles. The van der Waals surface area contributed by atoms with E-state index >= 15 is 0 Å². The van der Waals surface area contributed by atoms with Gasteiger partial charge in [-0.25, -0.2) is 14.6 Å². The van der Waals surface area contributed by atoms with Crippen molar-refractivity contribution in [2.45, 2.75) is 19.6 Å². The minimum Gasteiger partial charge on any atom is -0.334 e. The lowest BCUT2D eigenvalue weighted by molar-refractivity contribution is -0.137. The highest BCUT2D eigenvalue weighted by Gasteiger charge is 2.31. The summed E-state index contributed by atoms with van der Waals surface area (Å²) in [6.45, 7) is 1.66. The molecule has 0 saturated heterocycles. The largest absolute Gasteiger partial charge is 0.417 e.